The topological polar surface area (TPSA) is 58.3 Å². The summed E-state index contributed by atoms with van der Waals surface area (Å²) in [6, 6.07) is 7.23. The quantitative estimate of drug-likeness (QED) is 0.845. The van der Waals surface area contributed by atoms with Crippen LogP contribution in [0.5, 0.6) is 0 Å². The first kappa shape index (κ1) is 13.5. The van der Waals surface area contributed by atoms with Crippen LogP contribution in [0.15, 0.2) is 36.7 Å². The van der Waals surface area contributed by atoms with Crippen LogP contribution in [0.1, 0.15) is 11.7 Å². The second-order valence-electron chi connectivity index (χ2n) is 3.86. The van der Waals surface area contributed by atoms with Crippen LogP contribution in [-0.4, -0.2) is 31.4 Å². The molecule has 0 amide bonds. The van der Waals surface area contributed by atoms with Crippen molar-refractivity contribution >= 4 is 27.5 Å². The lowest BCUT2D eigenvalue weighted by molar-refractivity contribution is 0.0342. The van der Waals surface area contributed by atoms with Crippen molar-refractivity contribution in [2.24, 2.45) is 0 Å². The van der Waals surface area contributed by atoms with Gasteiger partial charge < -0.3 is 10.2 Å². The largest absolute Gasteiger partial charge is 0.389 e. The minimum absolute atomic E-state index is 0.302. The van der Waals surface area contributed by atoms with Crippen molar-refractivity contribution in [1.29, 1.82) is 0 Å². The molecule has 0 aliphatic heterocycles. The molecule has 0 spiro atoms. The molecule has 0 aliphatic carbocycles. The number of aromatic nitrogens is 2. The SMILES string of the molecule is OC(CBr)C(O)c1cnn(-c2cccc(Cl)c2)c1. The van der Waals surface area contributed by atoms with E-state index in [0.29, 0.717) is 15.9 Å². The van der Waals surface area contributed by atoms with E-state index in [2.05, 4.69) is 21.0 Å². The third kappa shape index (κ3) is 2.92. The molecular weight excluding hydrogens is 320 g/mol. The molecular formula is C12H12BrClN2O2. The fourth-order valence-electron chi connectivity index (χ4n) is 1.56. The minimum atomic E-state index is -0.961. The number of halogens is 2. The van der Waals surface area contributed by atoms with Gasteiger partial charge in [0.05, 0.1) is 18.0 Å². The van der Waals surface area contributed by atoms with Crippen molar-refractivity contribution in [3.8, 4) is 5.69 Å². The number of aliphatic hydroxyl groups is 2. The van der Waals surface area contributed by atoms with Gasteiger partial charge in [-0.05, 0) is 18.2 Å². The summed E-state index contributed by atoms with van der Waals surface area (Å²) in [5.74, 6) is 0. The molecule has 0 radical (unpaired) electrons. The van der Waals surface area contributed by atoms with Gasteiger partial charge in [0.25, 0.3) is 0 Å². The van der Waals surface area contributed by atoms with E-state index in [1.165, 1.54) is 6.20 Å². The van der Waals surface area contributed by atoms with E-state index in [-0.39, 0.29) is 0 Å². The lowest BCUT2D eigenvalue weighted by Crippen LogP contribution is -2.18. The average Bonchev–Trinajstić information content (AvgIpc) is 2.86. The van der Waals surface area contributed by atoms with Gasteiger partial charge in [0, 0.05) is 22.1 Å². The van der Waals surface area contributed by atoms with Crippen molar-refractivity contribution in [1.82, 2.24) is 9.78 Å². The predicted octanol–water partition coefficient (Wildman–Crippen LogP) is 2.31. The number of aliphatic hydroxyl groups excluding tert-OH is 2. The molecule has 1 aromatic heterocycles. The van der Waals surface area contributed by atoms with Crippen LogP contribution >= 0.6 is 27.5 Å². The zero-order chi connectivity index (χ0) is 13.1. The van der Waals surface area contributed by atoms with Crippen LogP contribution in [0.2, 0.25) is 5.02 Å². The van der Waals surface area contributed by atoms with Crippen molar-refractivity contribution in [2.45, 2.75) is 12.2 Å². The summed E-state index contributed by atoms with van der Waals surface area (Å²) < 4.78 is 1.60. The average molecular weight is 332 g/mol. The highest BCUT2D eigenvalue weighted by molar-refractivity contribution is 9.09. The molecule has 0 aliphatic rings. The summed E-state index contributed by atoms with van der Waals surface area (Å²) in [7, 11) is 0. The number of hydrogen-bond acceptors (Lipinski definition) is 3. The lowest BCUT2D eigenvalue weighted by Gasteiger charge is -2.13. The van der Waals surface area contributed by atoms with Gasteiger partial charge in [-0.1, -0.05) is 33.6 Å². The lowest BCUT2D eigenvalue weighted by atomic mass is 10.1. The molecule has 0 saturated heterocycles. The maximum atomic E-state index is 9.84. The second-order valence-corrected chi connectivity index (χ2v) is 4.95. The fourth-order valence-corrected chi connectivity index (χ4v) is 2.09. The highest BCUT2D eigenvalue weighted by Crippen LogP contribution is 2.20. The van der Waals surface area contributed by atoms with Crippen LogP contribution in [0.4, 0.5) is 0 Å². The van der Waals surface area contributed by atoms with E-state index < -0.39 is 12.2 Å². The van der Waals surface area contributed by atoms with Gasteiger partial charge in [-0.3, -0.25) is 0 Å². The Kier molecular flexibility index (Phi) is 4.40. The molecule has 4 nitrogen and oxygen atoms in total. The first-order valence-corrected chi connectivity index (χ1v) is 6.84. The Labute approximate surface area is 118 Å². The van der Waals surface area contributed by atoms with E-state index in [0.717, 1.165) is 5.69 Å². The monoisotopic (exact) mass is 330 g/mol. The molecule has 2 rings (SSSR count). The van der Waals surface area contributed by atoms with Crippen molar-refractivity contribution in [3.05, 3.63) is 47.2 Å². The van der Waals surface area contributed by atoms with E-state index in [9.17, 15) is 10.2 Å². The molecule has 0 bridgehead atoms. The van der Waals surface area contributed by atoms with Crippen LogP contribution < -0.4 is 0 Å². The molecule has 1 heterocycles. The van der Waals surface area contributed by atoms with Crippen LogP contribution in [-0.2, 0) is 0 Å². The molecule has 2 unspecified atom stereocenters. The van der Waals surface area contributed by atoms with Crippen LogP contribution in [0.25, 0.3) is 5.69 Å². The van der Waals surface area contributed by atoms with Gasteiger partial charge in [-0.2, -0.15) is 5.10 Å². The van der Waals surface area contributed by atoms with Gasteiger partial charge in [0.15, 0.2) is 0 Å². The van der Waals surface area contributed by atoms with Gasteiger partial charge in [-0.25, -0.2) is 4.68 Å². The van der Waals surface area contributed by atoms with Crippen LogP contribution in [0, 0.1) is 0 Å². The highest BCUT2D eigenvalue weighted by atomic mass is 79.9. The van der Waals surface area contributed by atoms with Crippen LogP contribution in [0.3, 0.4) is 0 Å². The Balaban J connectivity index is 2.25. The standard InChI is InChI=1S/C12H12BrClN2O2/c13-5-11(17)12(18)8-6-15-16(7-8)10-3-1-2-9(14)4-10/h1-4,6-7,11-12,17-18H,5H2. The Hall–Kier alpha value is -0.880. The number of rotatable bonds is 4. The maximum absolute atomic E-state index is 9.84. The van der Waals surface area contributed by atoms with Gasteiger partial charge in [0.2, 0.25) is 0 Å². The zero-order valence-corrected chi connectivity index (χ0v) is 11.7. The normalized spacial score (nSPS) is 14.4. The Morgan fingerprint density at radius 3 is 2.83 bits per heavy atom. The highest BCUT2D eigenvalue weighted by Gasteiger charge is 2.18. The molecule has 0 saturated carbocycles. The third-order valence-electron chi connectivity index (χ3n) is 2.54. The molecule has 18 heavy (non-hydrogen) atoms. The smallest absolute Gasteiger partial charge is 0.109 e. The first-order chi connectivity index (χ1) is 8.61. The zero-order valence-electron chi connectivity index (χ0n) is 9.37. The number of hydrogen-bond donors (Lipinski definition) is 2. The van der Waals surface area contributed by atoms with Crippen molar-refractivity contribution in [3.63, 3.8) is 0 Å². The first-order valence-electron chi connectivity index (χ1n) is 5.34. The molecule has 2 aromatic rings. The maximum Gasteiger partial charge on any atom is 0.109 e. The van der Waals surface area contributed by atoms with Crippen molar-refractivity contribution < 1.29 is 10.2 Å². The number of alkyl halides is 1. The summed E-state index contributed by atoms with van der Waals surface area (Å²) >= 11 is 9.02. The minimum Gasteiger partial charge on any atom is -0.389 e. The van der Waals surface area contributed by atoms with E-state index in [1.54, 1.807) is 23.0 Å². The summed E-state index contributed by atoms with van der Waals surface area (Å²) in [5, 5.41) is 24.4. The predicted molar refractivity (Wildman–Crippen MR) is 73.3 cm³/mol. The molecule has 2 atom stereocenters. The van der Waals surface area contributed by atoms with Crippen molar-refractivity contribution in [2.75, 3.05) is 5.33 Å². The summed E-state index contributed by atoms with van der Waals surface area (Å²) in [5.41, 5.74) is 1.36. The van der Waals surface area contributed by atoms with E-state index >= 15 is 0 Å². The van der Waals surface area contributed by atoms with Gasteiger partial charge in [0.1, 0.15) is 6.10 Å². The Bertz CT molecular complexity index is 532. The molecule has 6 heteroatoms. The number of nitrogens with zero attached hydrogens (tertiary/aromatic N) is 2. The molecule has 96 valence electrons. The Morgan fingerprint density at radius 1 is 1.39 bits per heavy atom. The van der Waals surface area contributed by atoms with E-state index in [1.807, 2.05) is 12.1 Å². The summed E-state index contributed by atoms with van der Waals surface area (Å²) in [4.78, 5) is 0. The summed E-state index contributed by atoms with van der Waals surface area (Å²) in [6.45, 7) is 0. The van der Waals surface area contributed by atoms with E-state index in [4.69, 9.17) is 11.6 Å². The molecule has 0 fully saturated rings. The fraction of sp³-hybridized carbons (Fsp3) is 0.250. The Morgan fingerprint density at radius 2 is 2.17 bits per heavy atom. The molecule has 2 N–H and O–H groups in total. The molecule has 1 aromatic carbocycles. The third-order valence-corrected chi connectivity index (χ3v) is 3.44. The van der Waals surface area contributed by atoms with Gasteiger partial charge >= 0.3 is 0 Å². The summed E-state index contributed by atoms with van der Waals surface area (Å²) in [6.07, 6.45) is 1.37. The number of benzene rings is 1. The second kappa shape index (κ2) is 5.84. The van der Waals surface area contributed by atoms with Gasteiger partial charge in [-0.15, -0.1) is 0 Å².